The predicted molar refractivity (Wildman–Crippen MR) is 57.8 cm³/mol. The van der Waals surface area contributed by atoms with Crippen LogP contribution >= 0.6 is 0 Å². The van der Waals surface area contributed by atoms with E-state index in [1.165, 1.54) is 6.07 Å². The van der Waals surface area contributed by atoms with Gasteiger partial charge in [0.15, 0.2) is 0 Å². The van der Waals surface area contributed by atoms with Crippen molar-refractivity contribution in [3.05, 3.63) is 35.6 Å². The average molecular weight is 195 g/mol. The Hall–Kier alpha value is -0.890. The lowest BCUT2D eigenvalue weighted by atomic mass is 10.1. The van der Waals surface area contributed by atoms with Gasteiger partial charge in [-0.15, -0.1) is 0 Å². The number of nitrogens with one attached hydrogen (secondary N) is 1. The maximum absolute atomic E-state index is 13.1. The van der Waals surface area contributed by atoms with Crippen molar-refractivity contribution in [3.8, 4) is 0 Å². The topological polar surface area (TPSA) is 12.0 Å². The van der Waals surface area contributed by atoms with E-state index in [9.17, 15) is 4.39 Å². The lowest BCUT2D eigenvalue weighted by Gasteiger charge is -2.07. The third kappa shape index (κ3) is 3.88. The van der Waals surface area contributed by atoms with Crippen molar-refractivity contribution in [2.45, 2.75) is 20.3 Å². The van der Waals surface area contributed by atoms with Gasteiger partial charge in [0.05, 0.1) is 0 Å². The van der Waals surface area contributed by atoms with Crippen molar-refractivity contribution < 1.29 is 4.39 Å². The molecule has 0 amide bonds. The van der Waals surface area contributed by atoms with Gasteiger partial charge in [0.1, 0.15) is 5.82 Å². The van der Waals surface area contributed by atoms with Crippen LogP contribution in [0.3, 0.4) is 0 Å². The predicted octanol–water partition coefficient (Wildman–Crippen LogP) is 2.61. The minimum atomic E-state index is -0.0983. The largest absolute Gasteiger partial charge is 0.316 e. The van der Waals surface area contributed by atoms with Gasteiger partial charge < -0.3 is 5.32 Å². The van der Waals surface area contributed by atoms with E-state index in [1.54, 1.807) is 6.07 Å². The van der Waals surface area contributed by atoms with Crippen LogP contribution in [0, 0.1) is 11.7 Å². The summed E-state index contributed by atoms with van der Waals surface area (Å²) in [5.41, 5.74) is 0.795. The summed E-state index contributed by atoms with van der Waals surface area (Å²) in [5, 5.41) is 3.29. The summed E-state index contributed by atoms with van der Waals surface area (Å²) in [5.74, 6) is 0.550. The van der Waals surface area contributed by atoms with Crippen molar-refractivity contribution in [1.29, 1.82) is 0 Å². The first-order valence-corrected chi connectivity index (χ1v) is 5.14. The molecule has 0 aliphatic carbocycles. The van der Waals surface area contributed by atoms with Crippen LogP contribution in [-0.4, -0.2) is 13.1 Å². The molecule has 0 bridgehead atoms. The second kappa shape index (κ2) is 5.76. The Balaban J connectivity index is 2.28. The lowest BCUT2D eigenvalue weighted by molar-refractivity contribution is 0.546. The first-order valence-electron chi connectivity index (χ1n) is 5.14. The van der Waals surface area contributed by atoms with Crippen molar-refractivity contribution in [2.24, 2.45) is 5.92 Å². The highest BCUT2D eigenvalue weighted by Crippen LogP contribution is 2.06. The third-order valence-electron chi connectivity index (χ3n) is 2.08. The van der Waals surface area contributed by atoms with Crippen LogP contribution in [0.4, 0.5) is 4.39 Å². The minimum Gasteiger partial charge on any atom is -0.316 e. The molecule has 0 spiro atoms. The zero-order valence-corrected chi connectivity index (χ0v) is 8.89. The van der Waals surface area contributed by atoms with Gasteiger partial charge in [-0.25, -0.2) is 4.39 Å². The van der Waals surface area contributed by atoms with Gasteiger partial charge in [-0.3, -0.25) is 0 Å². The molecule has 14 heavy (non-hydrogen) atoms. The Morgan fingerprint density at radius 2 is 2.00 bits per heavy atom. The Kier molecular flexibility index (Phi) is 4.60. The Labute approximate surface area is 85.3 Å². The van der Waals surface area contributed by atoms with E-state index in [2.05, 4.69) is 19.2 Å². The Morgan fingerprint density at radius 3 is 2.64 bits per heavy atom. The van der Waals surface area contributed by atoms with E-state index in [0.717, 1.165) is 25.1 Å². The molecule has 2 heteroatoms. The lowest BCUT2D eigenvalue weighted by Crippen LogP contribution is -2.22. The van der Waals surface area contributed by atoms with Crippen molar-refractivity contribution in [3.63, 3.8) is 0 Å². The fourth-order valence-corrected chi connectivity index (χ4v) is 1.31. The van der Waals surface area contributed by atoms with Crippen molar-refractivity contribution >= 4 is 0 Å². The molecule has 0 atom stereocenters. The van der Waals surface area contributed by atoms with Crippen LogP contribution in [0.1, 0.15) is 19.4 Å². The normalized spacial score (nSPS) is 10.9. The molecule has 0 radical (unpaired) electrons. The van der Waals surface area contributed by atoms with Crippen LogP contribution in [0.5, 0.6) is 0 Å². The summed E-state index contributed by atoms with van der Waals surface area (Å²) >= 11 is 0. The molecule has 0 aliphatic rings. The van der Waals surface area contributed by atoms with Crippen LogP contribution in [0.25, 0.3) is 0 Å². The van der Waals surface area contributed by atoms with E-state index < -0.39 is 0 Å². The van der Waals surface area contributed by atoms with Crippen molar-refractivity contribution in [2.75, 3.05) is 13.1 Å². The fourth-order valence-electron chi connectivity index (χ4n) is 1.31. The first-order chi connectivity index (χ1) is 6.70. The molecule has 1 rings (SSSR count). The Bertz CT molecular complexity index is 271. The molecule has 0 unspecified atom stereocenters. The van der Waals surface area contributed by atoms with E-state index in [0.29, 0.717) is 5.92 Å². The number of hydrogen-bond donors (Lipinski definition) is 1. The molecule has 0 heterocycles. The monoisotopic (exact) mass is 195 g/mol. The van der Waals surface area contributed by atoms with E-state index >= 15 is 0 Å². The summed E-state index contributed by atoms with van der Waals surface area (Å²) in [6.07, 6.45) is 0.763. The molecule has 1 nitrogen and oxygen atoms in total. The molecule has 0 aliphatic heterocycles. The molecule has 0 saturated carbocycles. The van der Waals surface area contributed by atoms with Crippen LogP contribution in [0.2, 0.25) is 0 Å². The summed E-state index contributed by atoms with van der Waals surface area (Å²) in [6, 6.07) is 6.95. The Morgan fingerprint density at radius 1 is 1.29 bits per heavy atom. The summed E-state index contributed by atoms with van der Waals surface area (Å²) in [6.45, 7) is 6.17. The average Bonchev–Trinajstić information content (AvgIpc) is 2.15. The second-order valence-electron chi connectivity index (χ2n) is 3.94. The summed E-state index contributed by atoms with van der Waals surface area (Å²) in [4.78, 5) is 0. The highest BCUT2D eigenvalue weighted by Gasteiger charge is 1.99. The zero-order valence-electron chi connectivity index (χ0n) is 8.89. The molecule has 0 saturated heterocycles. The standard InChI is InChI=1S/C12H18FN/c1-10(2)9-14-8-7-11-5-3-4-6-12(11)13/h3-6,10,14H,7-9H2,1-2H3. The smallest absolute Gasteiger partial charge is 0.126 e. The minimum absolute atomic E-state index is 0.0983. The van der Waals surface area contributed by atoms with Gasteiger partial charge in [0.25, 0.3) is 0 Å². The van der Waals surface area contributed by atoms with E-state index in [-0.39, 0.29) is 5.82 Å². The van der Waals surface area contributed by atoms with Crippen LogP contribution in [0.15, 0.2) is 24.3 Å². The quantitative estimate of drug-likeness (QED) is 0.712. The van der Waals surface area contributed by atoms with Gasteiger partial charge in [-0.2, -0.15) is 0 Å². The van der Waals surface area contributed by atoms with Crippen LogP contribution in [-0.2, 0) is 6.42 Å². The van der Waals surface area contributed by atoms with E-state index in [4.69, 9.17) is 0 Å². The molecule has 1 aromatic carbocycles. The number of rotatable bonds is 5. The molecule has 1 N–H and O–H groups in total. The van der Waals surface area contributed by atoms with Crippen LogP contribution < -0.4 is 5.32 Å². The molecular formula is C12H18FN. The summed E-state index contributed by atoms with van der Waals surface area (Å²) < 4.78 is 13.1. The van der Waals surface area contributed by atoms with Gasteiger partial charge in [0.2, 0.25) is 0 Å². The van der Waals surface area contributed by atoms with Gasteiger partial charge >= 0.3 is 0 Å². The SMILES string of the molecule is CC(C)CNCCc1ccccc1F. The third-order valence-corrected chi connectivity index (χ3v) is 2.08. The molecule has 78 valence electrons. The maximum atomic E-state index is 13.1. The van der Waals surface area contributed by atoms with E-state index in [1.807, 2.05) is 12.1 Å². The highest BCUT2D eigenvalue weighted by molar-refractivity contribution is 5.17. The number of hydrogen-bond acceptors (Lipinski definition) is 1. The number of halogens is 1. The van der Waals surface area contributed by atoms with Gasteiger partial charge in [-0.05, 0) is 37.1 Å². The summed E-state index contributed by atoms with van der Waals surface area (Å²) in [7, 11) is 0. The molecule has 0 fully saturated rings. The molecule has 0 aromatic heterocycles. The first kappa shape index (κ1) is 11.2. The van der Waals surface area contributed by atoms with Gasteiger partial charge in [-0.1, -0.05) is 32.0 Å². The molecule has 1 aromatic rings. The second-order valence-corrected chi connectivity index (χ2v) is 3.94. The maximum Gasteiger partial charge on any atom is 0.126 e. The number of benzene rings is 1. The van der Waals surface area contributed by atoms with Crippen molar-refractivity contribution in [1.82, 2.24) is 5.32 Å². The van der Waals surface area contributed by atoms with Gasteiger partial charge in [0, 0.05) is 0 Å². The zero-order chi connectivity index (χ0) is 10.4. The molecular weight excluding hydrogens is 177 g/mol. The fraction of sp³-hybridized carbons (Fsp3) is 0.500. The highest BCUT2D eigenvalue weighted by atomic mass is 19.1.